The van der Waals surface area contributed by atoms with E-state index in [2.05, 4.69) is 5.32 Å². The quantitative estimate of drug-likeness (QED) is 0.358. The summed E-state index contributed by atoms with van der Waals surface area (Å²) in [7, 11) is 0. The number of nitrogens with zero attached hydrogens (tertiary/aromatic N) is 1. The zero-order valence-corrected chi connectivity index (χ0v) is 18.3. The summed E-state index contributed by atoms with van der Waals surface area (Å²) in [5, 5.41) is 2.51. The van der Waals surface area contributed by atoms with Crippen LogP contribution in [0.5, 0.6) is 0 Å². The average molecular weight is 458 g/mol. The largest absolute Gasteiger partial charge is 0.461 e. The van der Waals surface area contributed by atoms with Crippen molar-refractivity contribution in [2.45, 2.75) is 39.2 Å². The smallest absolute Gasteiger partial charge is 0.414 e. The molecule has 2 aliphatic rings. The van der Waals surface area contributed by atoms with E-state index < -0.39 is 18.9 Å². The molecule has 176 valence electrons. The van der Waals surface area contributed by atoms with Gasteiger partial charge in [0.15, 0.2) is 0 Å². The highest BCUT2D eigenvalue weighted by atomic mass is 16.7. The Hall–Kier alpha value is -3.69. The second-order valence-corrected chi connectivity index (χ2v) is 7.95. The number of rotatable bonds is 8. The molecule has 10 heteroatoms. The molecular formula is C23H26N2O8. The molecule has 0 radical (unpaired) electrons. The topological polar surface area (TPSA) is 128 Å². The summed E-state index contributed by atoms with van der Waals surface area (Å²) in [6, 6.07) is 6.65. The number of amides is 3. The van der Waals surface area contributed by atoms with E-state index in [1.807, 2.05) is 0 Å². The number of hydrogen-bond donors (Lipinski definition) is 1. The number of imide groups is 1. The minimum Gasteiger partial charge on any atom is -0.461 e. The molecule has 33 heavy (non-hydrogen) atoms. The monoisotopic (exact) mass is 458 g/mol. The summed E-state index contributed by atoms with van der Waals surface area (Å²) < 4.78 is 14.9. The number of carbonyl (C=O) groups excluding carboxylic acids is 5. The average Bonchev–Trinajstić information content (AvgIpc) is 3.11. The Morgan fingerprint density at radius 2 is 1.58 bits per heavy atom. The molecule has 0 spiro atoms. The van der Waals surface area contributed by atoms with E-state index in [1.54, 1.807) is 24.3 Å². The molecule has 3 rings (SSSR count). The number of ether oxygens (including phenoxy) is 3. The minimum absolute atomic E-state index is 0.142. The summed E-state index contributed by atoms with van der Waals surface area (Å²) in [6.07, 6.45) is 4.33. The Morgan fingerprint density at radius 3 is 2.18 bits per heavy atom. The summed E-state index contributed by atoms with van der Waals surface area (Å²) in [4.78, 5) is 59.5. The van der Waals surface area contributed by atoms with E-state index in [9.17, 15) is 24.0 Å². The first kappa shape index (κ1) is 24.0. The van der Waals surface area contributed by atoms with Crippen molar-refractivity contribution in [3.8, 4) is 0 Å². The van der Waals surface area contributed by atoms with Gasteiger partial charge in [-0.15, -0.1) is 0 Å². The third-order valence-electron chi connectivity index (χ3n) is 5.56. The lowest BCUT2D eigenvalue weighted by Gasteiger charge is -2.29. The van der Waals surface area contributed by atoms with Crippen LogP contribution in [0.15, 0.2) is 36.4 Å². The zero-order valence-electron chi connectivity index (χ0n) is 18.3. The predicted molar refractivity (Wildman–Crippen MR) is 114 cm³/mol. The molecule has 1 aromatic carbocycles. The molecule has 0 atom stereocenters. The third kappa shape index (κ3) is 7.16. The molecule has 0 unspecified atom stereocenters. The van der Waals surface area contributed by atoms with Gasteiger partial charge < -0.3 is 14.2 Å². The first-order chi connectivity index (χ1) is 15.8. The maximum atomic E-state index is 12.2. The number of esters is 2. The molecule has 3 amide bonds. The van der Waals surface area contributed by atoms with Crippen LogP contribution < -0.4 is 5.32 Å². The molecule has 1 fully saturated rings. The Morgan fingerprint density at radius 1 is 0.939 bits per heavy atom. The summed E-state index contributed by atoms with van der Waals surface area (Å²) in [5.41, 5.74) is 1.24. The van der Waals surface area contributed by atoms with Crippen LogP contribution in [0.2, 0.25) is 0 Å². The van der Waals surface area contributed by atoms with E-state index in [0.29, 0.717) is 37.9 Å². The maximum absolute atomic E-state index is 12.2. The Kier molecular flexibility index (Phi) is 8.17. The van der Waals surface area contributed by atoms with Crippen LogP contribution in [0.3, 0.4) is 0 Å². The van der Waals surface area contributed by atoms with Crippen LogP contribution in [-0.4, -0.2) is 48.1 Å². The standard InChI is InChI=1S/C23H26N2O8/c1-15(26)31-13-17-4-8-19(9-5-17)24-23(30)33-14-32-22(29)18-6-2-16(3-7-18)12-25-20(27)10-11-21(25)28/h4-5,8-11,16,18H,2-3,6-7,12-14H2,1H3,(H,24,30). The van der Waals surface area contributed by atoms with Gasteiger partial charge in [0.25, 0.3) is 11.8 Å². The van der Waals surface area contributed by atoms with Crippen LogP contribution in [0.25, 0.3) is 0 Å². The van der Waals surface area contributed by atoms with Crippen molar-refractivity contribution < 1.29 is 38.2 Å². The minimum atomic E-state index is -0.771. The summed E-state index contributed by atoms with van der Waals surface area (Å²) >= 11 is 0. The zero-order chi connectivity index (χ0) is 23.8. The van der Waals surface area contributed by atoms with Gasteiger partial charge in [0.1, 0.15) is 6.61 Å². The second-order valence-electron chi connectivity index (χ2n) is 7.95. The first-order valence-corrected chi connectivity index (χ1v) is 10.7. The lowest BCUT2D eigenvalue weighted by molar-refractivity contribution is -0.158. The van der Waals surface area contributed by atoms with E-state index in [0.717, 1.165) is 5.56 Å². The molecule has 1 aliphatic heterocycles. The Bertz CT molecular complexity index is 914. The fraction of sp³-hybridized carbons (Fsp3) is 0.435. The summed E-state index contributed by atoms with van der Waals surface area (Å²) in [5.74, 6) is -1.56. The van der Waals surface area contributed by atoms with Crippen LogP contribution in [0.1, 0.15) is 38.2 Å². The first-order valence-electron chi connectivity index (χ1n) is 10.7. The number of carbonyl (C=O) groups is 5. The molecule has 1 saturated carbocycles. The van der Waals surface area contributed by atoms with E-state index in [-0.39, 0.29) is 36.2 Å². The van der Waals surface area contributed by atoms with Gasteiger partial charge in [-0.05, 0) is 49.3 Å². The molecule has 10 nitrogen and oxygen atoms in total. The van der Waals surface area contributed by atoms with Gasteiger partial charge in [-0.1, -0.05) is 12.1 Å². The molecule has 1 heterocycles. The van der Waals surface area contributed by atoms with Crippen molar-refractivity contribution >= 4 is 35.5 Å². The SMILES string of the molecule is CC(=O)OCc1ccc(NC(=O)OCOC(=O)C2CCC(CN3C(=O)C=CC3=O)CC2)cc1. The van der Waals surface area contributed by atoms with Gasteiger partial charge in [-0.25, -0.2) is 4.79 Å². The van der Waals surface area contributed by atoms with Crippen molar-refractivity contribution in [3.63, 3.8) is 0 Å². The summed E-state index contributed by atoms with van der Waals surface area (Å²) in [6.45, 7) is 1.32. The second kappa shape index (κ2) is 11.3. The fourth-order valence-electron chi connectivity index (χ4n) is 3.73. The Balaban J connectivity index is 1.31. The Labute approximate surface area is 190 Å². The van der Waals surface area contributed by atoms with E-state index in [4.69, 9.17) is 14.2 Å². The van der Waals surface area contributed by atoms with Gasteiger partial charge in [0.2, 0.25) is 6.79 Å². The molecule has 1 aromatic rings. The molecule has 1 N–H and O–H groups in total. The van der Waals surface area contributed by atoms with Crippen LogP contribution in [-0.2, 0) is 40.0 Å². The van der Waals surface area contributed by atoms with Crippen LogP contribution in [0, 0.1) is 11.8 Å². The highest BCUT2D eigenvalue weighted by molar-refractivity contribution is 6.12. The molecule has 0 saturated heterocycles. The van der Waals surface area contributed by atoms with Crippen LogP contribution in [0.4, 0.5) is 10.5 Å². The highest BCUT2D eigenvalue weighted by Crippen LogP contribution is 2.30. The molecule has 0 aromatic heterocycles. The van der Waals surface area contributed by atoms with Crippen LogP contribution >= 0.6 is 0 Å². The lowest BCUT2D eigenvalue weighted by atomic mass is 9.82. The van der Waals surface area contributed by atoms with Gasteiger partial charge in [0, 0.05) is 31.3 Å². The molecular weight excluding hydrogens is 432 g/mol. The number of nitrogens with one attached hydrogen (secondary N) is 1. The normalized spacial score (nSPS) is 19.8. The van der Waals surface area contributed by atoms with Gasteiger partial charge in [-0.3, -0.25) is 29.4 Å². The maximum Gasteiger partial charge on any atom is 0.414 e. The van der Waals surface area contributed by atoms with Crippen molar-refractivity contribution in [2.24, 2.45) is 11.8 Å². The lowest BCUT2D eigenvalue weighted by Crippen LogP contribution is -2.36. The van der Waals surface area contributed by atoms with E-state index >= 15 is 0 Å². The van der Waals surface area contributed by atoms with Gasteiger partial charge >= 0.3 is 18.0 Å². The third-order valence-corrected chi connectivity index (χ3v) is 5.56. The fourth-order valence-corrected chi connectivity index (χ4v) is 3.73. The number of hydrogen-bond acceptors (Lipinski definition) is 8. The van der Waals surface area contributed by atoms with Gasteiger partial charge in [0.05, 0.1) is 5.92 Å². The van der Waals surface area contributed by atoms with Crippen molar-refractivity contribution in [1.29, 1.82) is 0 Å². The molecule has 1 aliphatic carbocycles. The van der Waals surface area contributed by atoms with Crippen molar-refractivity contribution in [3.05, 3.63) is 42.0 Å². The van der Waals surface area contributed by atoms with Crippen molar-refractivity contribution in [2.75, 3.05) is 18.7 Å². The van der Waals surface area contributed by atoms with E-state index in [1.165, 1.54) is 24.0 Å². The van der Waals surface area contributed by atoms with Crippen molar-refractivity contribution in [1.82, 2.24) is 4.90 Å². The number of anilines is 1. The molecule has 0 bridgehead atoms. The highest BCUT2D eigenvalue weighted by Gasteiger charge is 2.31. The number of benzene rings is 1. The predicted octanol–water partition coefficient (Wildman–Crippen LogP) is 2.53. The van der Waals surface area contributed by atoms with Gasteiger partial charge in [-0.2, -0.15) is 0 Å².